The van der Waals surface area contributed by atoms with Gasteiger partial charge in [-0.15, -0.1) is 0 Å². The van der Waals surface area contributed by atoms with Gasteiger partial charge in [0.15, 0.2) is 0 Å². The molecular weight excluding hydrogens is 252 g/mol. The predicted octanol–water partition coefficient (Wildman–Crippen LogP) is 2.14. The second-order valence-electron chi connectivity index (χ2n) is 3.09. The summed E-state index contributed by atoms with van der Waals surface area (Å²) in [6.45, 7) is 0.378. The summed E-state index contributed by atoms with van der Waals surface area (Å²) in [5.74, 6) is 0.357. The largest absolute Gasteiger partial charge is 0.383 e. The highest BCUT2D eigenvalue weighted by molar-refractivity contribution is 7.13. The number of anilines is 1. The first-order valence-corrected chi connectivity index (χ1v) is 5.52. The van der Waals surface area contributed by atoms with Crippen molar-refractivity contribution in [3.63, 3.8) is 0 Å². The van der Waals surface area contributed by atoms with Crippen LogP contribution in [0.4, 0.5) is 10.8 Å². The number of nitrogen functional groups attached to an aromatic ring is 1. The minimum Gasteiger partial charge on any atom is -0.383 e. The first-order valence-electron chi connectivity index (χ1n) is 4.26. The van der Waals surface area contributed by atoms with Gasteiger partial charge in [-0.1, -0.05) is 22.9 Å². The van der Waals surface area contributed by atoms with Crippen LogP contribution >= 0.6 is 22.9 Å². The fraction of sp³-hybridized carbons (Fsp3) is 0.125. The number of hydrogen-bond acceptors (Lipinski definition) is 5. The zero-order chi connectivity index (χ0) is 11.7. The van der Waals surface area contributed by atoms with Gasteiger partial charge in [0, 0.05) is 11.4 Å². The molecule has 2 aromatic rings. The van der Waals surface area contributed by atoms with Gasteiger partial charge in [0.25, 0.3) is 0 Å². The number of hydrogen-bond donors (Lipinski definition) is 1. The second-order valence-corrected chi connectivity index (χ2v) is 4.38. The smallest absolute Gasteiger partial charge is 0.324 e. The lowest BCUT2D eigenvalue weighted by molar-refractivity contribution is -0.380. The van der Waals surface area contributed by atoms with Crippen LogP contribution in [-0.2, 0) is 6.54 Å². The van der Waals surface area contributed by atoms with Crippen LogP contribution in [0.3, 0.4) is 0 Å². The summed E-state index contributed by atoms with van der Waals surface area (Å²) in [6, 6.07) is 1.50. The number of nitro groups is 1. The third kappa shape index (κ3) is 2.00. The second kappa shape index (κ2) is 4.11. The van der Waals surface area contributed by atoms with E-state index in [4.69, 9.17) is 17.3 Å². The average molecular weight is 259 g/mol. The summed E-state index contributed by atoms with van der Waals surface area (Å²) in [5, 5.41) is 16.6. The van der Waals surface area contributed by atoms with E-state index in [0.29, 0.717) is 17.4 Å². The Morgan fingerprint density at radius 1 is 1.69 bits per heavy atom. The van der Waals surface area contributed by atoms with Crippen LogP contribution in [0.5, 0.6) is 0 Å². The van der Waals surface area contributed by atoms with E-state index >= 15 is 0 Å². The molecule has 0 spiro atoms. The maximum atomic E-state index is 10.5. The molecular formula is C8H7ClN4O2S. The minimum atomic E-state index is -0.423. The molecule has 2 N–H and O–H groups in total. The number of thiophene rings is 1. The number of nitrogens with two attached hydrogens (primary N) is 1. The molecule has 0 saturated carbocycles. The number of halogens is 1. The monoisotopic (exact) mass is 258 g/mol. The lowest BCUT2D eigenvalue weighted by atomic mass is 10.3. The van der Waals surface area contributed by atoms with Crippen LogP contribution < -0.4 is 5.73 Å². The lowest BCUT2D eigenvalue weighted by Crippen LogP contribution is -2.04. The van der Waals surface area contributed by atoms with Gasteiger partial charge in [0.1, 0.15) is 10.8 Å². The van der Waals surface area contributed by atoms with E-state index in [1.807, 2.05) is 0 Å². The quantitative estimate of drug-likeness (QED) is 0.675. The SMILES string of the molecule is Nc1c(Cl)cnn1Cc1csc([N+](=O)[O-])c1. The van der Waals surface area contributed by atoms with Crippen molar-refractivity contribution in [1.82, 2.24) is 9.78 Å². The van der Waals surface area contributed by atoms with Crippen molar-refractivity contribution in [3.8, 4) is 0 Å². The third-order valence-electron chi connectivity index (χ3n) is 1.99. The standard InChI is InChI=1S/C8H7ClN4O2S/c9-6-2-11-12(8(6)10)3-5-1-7(13(14)15)16-4-5/h1-2,4H,3,10H2. The third-order valence-corrected chi connectivity index (χ3v) is 3.21. The number of aromatic nitrogens is 2. The molecule has 0 aromatic carbocycles. The van der Waals surface area contributed by atoms with Gasteiger partial charge in [-0.05, 0) is 5.56 Å². The topological polar surface area (TPSA) is 87.0 Å². The first kappa shape index (κ1) is 10.9. The van der Waals surface area contributed by atoms with E-state index in [1.54, 1.807) is 5.38 Å². The zero-order valence-electron chi connectivity index (χ0n) is 7.96. The van der Waals surface area contributed by atoms with Crippen molar-refractivity contribution < 1.29 is 4.92 Å². The van der Waals surface area contributed by atoms with E-state index in [-0.39, 0.29) is 5.00 Å². The Balaban J connectivity index is 2.21. The lowest BCUT2D eigenvalue weighted by Gasteiger charge is -2.00. The van der Waals surface area contributed by atoms with Gasteiger partial charge in [-0.2, -0.15) is 5.10 Å². The molecule has 2 rings (SSSR count). The maximum absolute atomic E-state index is 10.5. The fourth-order valence-corrected chi connectivity index (χ4v) is 2.07. The fourth-order valence-electron chi connectivity index (χ4n) is 1.21. The Kier molecular flexibility index (Phi) is 2.80. The first-order chi connectivity index (χ1) is 7.58. The van der Waals surface area contributed by atoms with E-state index in [9.17, 15) is 10.1 Å². The normalized spacial score (nSPS) is 10.6. The van der Waals surface area contributed by atoms with Crippen LogP contribution in [0.25, 0.3) is 0 Å². The van der Waals surface area contributed by atoms with Gasteiger partial charge >= 0.3 is 5.00 Å². The molecule has 0 aliphatic heterocycles. The van der Waals surface area contributed by atoms with E-state index in [1.165, 1.54) is 16.9 Å². The highest BCUT2D eigenvalue weighted by Crippen LogP contribution is 2.24. The molecule has 0 bridgehead atoms. The summed E-state index contributed by atoms with van der Waals surface area (Å²) >= 11 is 6.81. The number of nitrogens with zero attached hydrogens (tertiary/aromatic N) is 3. The molecule has 0 amide bonds. The average Bonchev–Trinajstić information content (AvgIpc) is 2.81. The van der Waals surface area contributed by atoms with Gasteiger partial charge in [0.2, 0.25) is 0 Å². The van der Waals surface area contributed by atoms with Crippen LogP contribution in [0.2, 0.25) is 5.02 Å². The highest BCUT2D eigenvalue weighted by atomic mass is 35.5. The maximum Gasteiger partial charge on any atom is 0.324 e. The molecule has 84 valence electrons. The molecule has 16 heavy (non-hydrogen) atoms. The Hall–Kier alpha value is -1.60. The Labute approximate surface area is 99.4 Å². The van der Waals surface area contributed by atoms with Crippen molar-refractivity contribution in [3.05, 3.63) is 38.3 Å². The van der Waals surface area contributed by atoms with Crippen molar-refractivity contribution in [2.75, 3.05) is 5.73 Å². The molecule has 2 heterocycles. The Bertz CT molecular complexity index is 536. The van der Waals surface area contributed by atoms with Crippen LogP contribution in [-0.4, -0.2) is 14.7 Å². The van der Waals surface area contributed by atoms with Gasteiger partial charge in [-0.3, -0.25) is 10.1 Å². The summed E-state index contributed by atoms with van der Waals surface area (Å²) < 4.78 is 1.49. The molecule has 0 fully saturated rings. The van der Waals surface area contributed by atoms with E-state index in [2.05, 4.69) is 5.10 Å². The highest BCUT2D eigenvalue weighted by Gasteiger charge is 2.11. The van der Waals surface area contributed by atoms with Crippen molar-refractivity contribution in [1.29, 1.82) is 0 Å². The molecule has 0 unspecified atom stereocenters. The van der Waals surface area contributed by atoms with E-state index < -0.39 is 4.92 Å². The number of rotatable bonds is 3. The van der Waals surface area contributed by atoms with E-state index in [0.717, 1.165) is 16.9 Å². The molecule has 0 saturated heterocycles. The summed E-state index contributed by atoms with van der Waals surface area (Å²) in [4.78, 5) is 10.1. The molecule has 6 nitrogen and oxygen atoms in total. The van der Waals surface area contributed by atoms with Gasteiger partial charge in [0.05, 0.1) is 17.7 Å². The van der Waals surface area contributed by atoms with Gasteiger partial charge in [-0.25, -0.2) is 4.68 Å². The molecule has 0 aliphatic carbocycles. The van der Waals surface area contributed by atoms with Crippen LogP contribution in [0.15, 0.2) is 17.6 Å². The summed E-state index contributed by atoms with van der Waals surface area (Å²) in [7, 11) is 0. The summed E-state index contributed by atoms with van der Waals surface area (Å²) in [5.41, 5.74) is 6.44. The minimum absolute atomic E-state index is 0.104. The summed E-state index contributed by atoms with van der Waals surface area (Å²) in [6.07, 6.45) is 1.44. The molecule has 0 aliphatic rings. The molecule has 8 heteroatoms. The van der Waals surface area contributed by atoms with Crippen LogP contribution in [0, 0.1) is 10.1 Å². The molecule has 0 radical (unpaired) electrons. The Morgan fingerprint density at radius 3 is 2.94 bits per heavy atom. The Morgan fingerprint density at radius 2 is 2.44 bits per heavy atom. The zero-order valence-corrected chi connectivity index (χ0v) is 9.53. The van der Waals surface area contributed by atoms with Crippen molar-refractivity contribution >= 4 is 33.8 Å². The van der Waals surface area contributed by atoms with Crippen molar-refractivity contribution in [2.45, 2.75) is 6.54 Å². The van der Waals surface area contributed by atoms with Crippen LogP contribution in [0.1, 0.15) is 5.56 Å². The van der Waals surface area contributed by atoms with Crippen molar-refractivity contribution in [2.24, 2.45) is 0 Å². The molecule has 2 aromatic heterocycles. The molecule has 0 atom stereocenters. The van der Waals surface area contributed by atoms with Gasteiger partial charge < -0.3 is 5.73 Å². The predicted molar refractivity (Wildman–Crippen MR) is 61.7 cm³/mol.